The zero-order valence-corrected chi connectivity index (χ0v) is 13.0. The molecular weight excluding hydrogens is 301 g/mol. The third-order valence-corrected chi connectivity index (χ3v) is 3.86. The highest BCUT2D eigenvalue weighted by Crippen LogP contribution is 2.16. The highest BCUT2D eigenvalue weighted by molar-refractivity contribution is 5.78. The van der Waals surface area contributed by atoms with Gasteiger partial charge in [-0.2, -0.15) is 0 Å². The molecule has 0 aliphatic carbocycles. The van der Waals surface area contributed by atoms with Crippen LogP contribution in [0.1, 0.15) is 19.3 Å². The lowest BCUT2D eigenvalue weighted by molar-refractivity contribution is -0.123. The molecule has 1 aliphatic rings. The summed E-state index contributed by atoms with van der Waals surface area (Å²) in [5, 5.41) is 2.82. The van der Waals surface area contributed by atoms with Gasteiger partial charge in [-0.15, -0.1) is 0 Å². The highest BCUT2D eigenvalue weighted by Gasteiger charge is 2.25. The molecule has 6 nitrogen and oxygen atoms in total. The first-order chi connectivity index (χ1) is 11.1. The van der Waals surface area contributed by atoms with Gasteiger partial charge in [-0.05, 0) is 43.5 Å². The third-order valence-electron chi connectivity index (χ3n) is 3.86. The number of carbonyl (C=O) groups excluding carboxylic acids is 2. The molecule has 1 aromatic carbocycles. The lowest BCUT2D eigenvalue weighted by atomic mass is 9.96. The summed E-state index contributed by atoms with van der Waals surface area (Å²) in [6.07, 6.45) is 1.90. The summed E-state index contributed by atoms with van der Waals surface area (Å²) in [7, 11) is 0. The molecule has 23 heavy (non-hydrogen) atoms. The fourth-order valence-electron chi connectivity index (χ4n) is 2.47. The van der Waals surface area contributed by atoms with Crippen LogP contribution in [0.5, 0.6) is 5.75 Å². The minimum absolute atomic E-state index is 0.122. The number of likely N-dealkylation sites (tertiary alicyclic amines) is 1. The van der Waals surface area contributed by atoms with Crippen LogP contribution in [0.4, 0.5) is 9.18 Å². The first-order valence-corrected chi connectivity index (χ1v) is 7.76. The number of halogens is 1. The Bertz CT molecular complexity index is 528. The van der Waals surface area contributed by atoms with Crippen LogP contribution < -0.4 is 15.8 Å². The second-order valence-electron chi connectivity index (χ2n) is 5.55. The largest absolute Gasteiger partial charge is 0.494 e. The van der Waals surface area contributed by atoms with Gasteiger partial charge in [0.05, 0.1) is 6.61 Å². The monoisotopic (exact) mass is 323 g/mol. The lowest BCUT2D eigenvalue weighted by Crippen LogP contribution is -2.46. The maximum atomic E-state index is 12.7. The summed E-state index contributed by atoms with van der Waals surface area (Å²) in [6.45, 7) is 2.03. The molecule has 1 heterocycles. The average molecular weight is 323 g/mol. The quantitative estimate of drug-likeness (QED) is 0.778. The van der Waals surface area contributed by atoms with Gasteiger partial charge >= 0.3 is 6.03 Å². The van der Waals surface area contributed by atoms with Crippen molar-refractivity contribution >= 4 is 11.9 Å². The minimum atomic E-state index is -0.301. The van der Waals surface area contributed by atoms with Crippen molar-refractivity contribution in [2.24, 2.45) is 11.7 Å². The van der Waals surface area contributed by atoms with E-state index in [9.17, 15) is 14.0 Å². The topological polar surface area (TPSA) is 84.7 Å². The Morgan fingerprint density at radius 1 is 1.26 bits per heavy atom. The van der Waals surface area contributed by atoms with Crippen LogP contribution in [0.3, 0.4) is 0 Å². The third kappa shape index (κ3) is 5.43. The fraction of sp³-hybridized carbons (Fsp3) is 0.500. The van der Waals surface area contributed by atoms with Crippen molar-refractivity contribution in [3.05, 3.63) is 30.1 Å². The Morgan fingerprint density at radius 3 is 2.52 bits per heavy atom. The summed E-state index contributed by atoms with van der Waals surface area (Å²) in [6, 6.07) is 5.68. The van der Waals surface area contributed by atoms with E-state index >= 15 is 0 Å². The SMILES string of the molecule is NC(=O)C1CCN(C(=O)NCCCOc2ccc(F)cc2)CC1. The van der Waals surface area contributed by atoms with Gasteiger partial charge in [0.2, 0.25) is 5.91 Å². The van der Waals surface area contributed by atoms with E-state index in [1.165, 1.54) is 12.1 Å². The van der Waals surface area contributed by atoms with Gasteiger partial charge in [0.25, 0.3) is 0 Å². The average Bonchev–Trinajstić information content (AvgIpc) is 2.56. The molecule has 0 unspecified atom stereocenters. The van der Waals surface area contributed by atoms with Gasteiger partial charge in [-0.3, -0.25) is 4.79 Å². The first kappa shape index (κ1) is 17.1. The minimum Gasteiger partial charge on any atom is -0.494 e. The Balaban J connectivity index is 1.58. The number of primary amides is 1. The first-order valence-electron chi connectivity index (χ1n) is 7.76. The molecule has 1 fully saturated rings. The number of nitrogens with one attached hydrogen (secondary N) is 1. The molecule has 126 valence electrons. The number of urea groups is 1. The van der Waals surface area contributed by atoms with Crippen molar-refractivity contribution in [3.8, 4) is 5.75 Å². The van der Waals surface area contributed by atoms with Crippen molar-refractivity contribution < 1.29 is 18.7 Å². The molecule has 0 saturated carbocycles. The van der Waals surface area contributed by atoms with Crippen molar-refractivity contribution in [2.45, 2.75) is 19.3 Å². The van der Waals surface area contributed by atoms with Crippen molar-refractivity contribution in [2.75, 3.05) is 26.2 Å². The molecular formula is C16H22FN3O3. The number of hydrogen-bond donors (Lipinski definition) is 2. The number of amides is 3. The van der Waals surface area contributed by atoms with E-state index in [0.29, 0.717) is 51.3 Å². The molecule has 0 bridgehead atoms. The summed E-state index contributed by atoms with van der Waals surface area (Å²) in [5.74, 6) is -0.109. The van der Waals surface area contributed by atoms with Gasteiger partial charge in [0.1, 0.15) is 11.6 Å². The van der Waals surface area contributed by atoms with E-state index < -0.39 is 0 Å². The molecule has 0 spiro atoms. The summed E-state index contributed by atoms with van der Waals surface area (Å²) in [5.41, 5.74) is 5.27. The van der Waals surface area contributed by atoms with E-state index in [2.05, 4.69) is 5.32 Å². The predicted octanol–water partition coefficient (Wildman–Crippen LogP) is 1.50. The van der Waals surface area contributed by atoms with Crippen LogP contribution in [0.2, 0.25) is 0 Å². The Kier molecular flexibility index (Phi) is 6.19. The molecule has 2 rings (SSSR count). The number of hydrogen-bond acceptors (Lipinski definition) is 3. The highest BCUT2D eigenvalue weighted by atomic mass is 19.1. The van der Waals surface area contributed by atoms with E-state index in [-0.39, 0.29) is 23.7 Å². The molecule has 1 aliphatic heterocycles. The Labute approximate surface area is 134 Å². The van der Waals surface area contributed by atoms with Gasteiger partial charge in [-0.1, -0.05) is 0 Å². The smallest absolute Gasteiger partial charge is 0.317 e. The van der Waals surface area contributed by atoms with E-state index in [4.69, 9.17) is 10.5 Å². The van der Waals surface area contributed by atoms with Crippen LogP contribution in [-0.2, 0) is 4.79 Å². The normalized spacial score (nSPS) is 15.3. The maximum Gasteiger partial charge on any atom is 0.317 e. The standard InChI is InChI=1S/C16H22FN3O3/c17-13-2-4-14(5-3-13)23-11-1-8-19-16(22)20-9-6-12(7-10-20)15(18)21/h2-5,12H,1,6-11H2,(H2,18,21)(H,19,22). The van der Waals surface area contributed by atoms with Crippen molar-refractivity contribution in [3.63, 3.8) is 0 Å². The molecule has 1 saturated heterocycles. The fourth-order valence-corrected chi connectivity index (χ4v) is 2.47. The van der Waals surface area contributed by atoms with Gasteiger partial charge in [-0.25, -0.2) is 9.18 Å². The van der Waals surface area contributed by atoms with E-state index in [1.807, 2.05) is 0 Å². The molecule has 0 atom stereocenters. The maximum absolute atomic E-state index is 12.7. The van der Waals surface area contributed by atoms with Crippen molar-refractivity contribution in [1.29, 1.82) is 0 Å². The Hall–Kier alpha value is -2.31. The van der Waals surface area contributed by atoms with Crippen LogP contribution in [0.25, 0.3) is 0 Å². The van der Waals surface area contributed by atoms with Gasteiger partial charge in [0.15, 0.2) is 0 Å². The predicted molar refractivity (Wildman–Crippen MR) is 83.4 cm³/mol. The second kappa shape index (κ2) is 8.36. The van der Waals surface area contributed by atoms with Crippen LogP contribution in [0, 0.1) is 11.7 Å². The zero-order chi connectivity index (χ0) is 16.7. The summed E-state index contributed by atoms with van der Waals surface area (Å²) in [4.78, 5) is 24.7. The van der Waals surface area contributed by atoms with Crippen LogP contribution >= 0.6 is 0 Å². The molecule has 7 heteroatoms. The lowest BCUT2D eigenvalue weighted by Gasteiger charge is -2.30. The number of piperidine rings is 1. The van der Waals surface area contributed by atoms with E-state index in [0.717, 1.165) is 0 Å². The van der Waals surface area contributed by atoms with Gasteiger partial charge < -0.3 is 20.7 Å². The number of benzene rings is 1. The number of nitrogens with zero attached hydrogens (tertiary/aromatic N) is 1. The number of ether oxygens (including phenoxy) is 1. The Morgan fingerprint density at radius 2 is 1.91 bits per heavy atom. The summed E-state index contributed by atoms with van der Waals surface area (Å²) < 4.78 is 18.2. The van der Waals surface area contributed by atoms with Crippen molar-refractivity contribution in [1.82, 2.24) is 10.2 Å². The molecule has 0 aromatic heterocycles. The zero-order valence-electron chi connectivity index (χ0n) is 13.0. The number of carbonyl (C=O) groups is 2. The van der Waals surface area contributed by atoms with Crippen LogP contribution in [-0.4, -0.2) is 43.1 Å². The summed E-state index contributed by atoms with van der Waals surface area (Å²) >= 11 is 0. The van der Waals surface area contributed by atoms with Crippen LogP contribution in [0.15, 0.2) is 24.3 Å². The van der Waals surface area contributed by atoms with E-state index in [1.54, 1.807) is 17.0 Å². The second-order valence-corrected chi connectivity index (χ2v) is 5.55. The number of nitrogens with two attached hydrogens (primary N) is 1. The molecule has 3 amide bonds. The molecule has 3 N–H and O–H groups in total. The molecule has 1 aromatic rings. The van der Waals surface area contributed by atoms with Gasteiger partial charge in [0, 0.05) is 25.6 Å². The molecule has 0 radical (unpaired) electrons. The number of rotatable bonds is 6.